The van der Waals surface area contributed by atoms with Crippen molar-refractivity contribution in [3.8, 4) is 0 Å². The molecule has 0 spiro atoms. The first kappa shape index (κ1) is 27.6. The Morgan fingerprint density at radius 1 is 1.06 bits per heavy atom. The normalized spacial score (nSPS) is 15.9. The Morgan fingerprint density at radius 3 is 2.33 bits per heavy atom. The summed E-state index contributed by atoms with van der Waals surface area (Å²) in [6.45, 7) is 5.35. The highest BCUT2D eigenvalue weighted by Gasteiger charge is 2.35. The molecule has 33 heavy (non-hydrogen) atoms. The molecule has 2 rings (SSSR count). The number of esters is 1. The minimum absolute atomic E-state index is 0.113. The molecule has 7 heteroatoms. The molecule has 1 heterocycles. The van der Waals surface area contributed by atoms with E-state index in [0.29, 0.717) is 25.3 Å². The summed E-state index contributed by atoms with van der Waals surface area (Å²) in [5, 5.41) is 2.76. The average molecular weight is 571 g/mol. The Bertz CT molecular complexity index is 784. The third-order valence-corrected chi connectivity index (χ3v) is 7.29. The second-order valence-electron chi connectivity index (χ2n) is 8.88. The molecular weight excluding hydrogens is 531 g/mol. The Labute approximate surface area is 212 Å². The highest BCUT2D eigenvalue weighted by atomic mass is 127. The van der Waals surface area contributed by atoms with Crippen LogP contribution in [0.25, 0.3) is 0 Å². The predicted octanol–water partition coefficient (Wildman–Crippen LogP) is 5.39. The van der Waals surface area contributed by atoms with Crippen LogP contribution in [0.3, 0.4) is 0 Å². The number of nitrogens with one attached hydrogen (secondary N) is 1. The van der Waals surface area contributed by atoms with E-state index in [0.717, 1.165) is 28.4 Å². The predicted molar refractivity (Wildman–Crippen MR) is 139 cm³/mol. The number of carbonyl (C=O) groups is 3. The molecule has 1 saturated heterocycles. The Morgan fingerprint density at radius 2 is 1.70 bits per heavy atom. The molecule has 1 aliphatic rings. The number of hydrogen-bond donors (Lipinski definition) is 1. The van der Waals surface area contributed by atoms with E-state index in [2.05, 4.69) is 34.8 Å². The monoisotopic (exact) mass is 570 g/mol. The maximum absolute atomic E-state index is 13.1. The molecule has 0 radical (unpaired) electrons. The summed E-state index contributed by atoms with van der Waals surface area (Å²) in [6, 6.07) is 4.66. The van der Waals surface area contributed by atoms with E-state index in [1.165, 1.54) is 49.8 Å². The van der Waals surface area contributed by atoms with Crippen LogP contribution in [0.15, 0.2) is 18.2 Å². The summed E-state index contributed by atoms with van der Waals surface area (Å²) in [7, 11) is 0. The van der Waals surface area contributed by atoms with Gasteiger partial charge in [0.25, 0.3) is 5.91 Å². The van der Waals surface area contributed by atoms with Crippen molar-refractivity contribution < 1.29 is 19.1 Å². The van der Waals surface area contributed by atoms with Gasteiger partial charge in [0.1, 0.15) is 6.04 Å². The number of carbonyl (C=O) groups excluding carboxylic acids is 3. The molecule has 1 aliphatic heterocycles. The van der Waals surface area contributed by atoms with Crippen LogP contribution >= 0.6 is 22.6 Å². The molecule has 1 atom stereocenters. The third-order valence-electron chi connectivity index (χ3n) is 6.13. The maximum atomic E-state index is 13.1. The van der Waals surface area contributed by atoms with Crippen molar-refractivity contribution in [2.75, 3.05) is 19.7 Å². The zero-order chi connectivity index (χ0) is 24.1. The smallest absolute Gasteiger partial charge is 0.308 e. The lowest BCUT2D eigenvalue weighted by Gasteiger charge is -2.34. The maximum Gasteiger partial charge on any atom is 0.308 e. The number of nitrogens with zero attached hydrogens (tertiary/aromatic N) is 1. The number of benzene rings is 1. The Kier molecular flexibility index (Phi) is 12.8. The van der Waals surface area contributed by atoms with Gasteiger partial charge in [-0.2, -0.15) is 0 Å². The number of hydrogen-bond acceptors (Lipinski definition) is 4. The minimum atomic E-state index is -0.828. The summed E-state index contributed by atoms with van der Waals surface area (Å²) >= 11 is 2.19. The van der Waals surface area contributed by atoms with E-state index in [9.17, 15) is 14.4 Å². The zero-order valence-corrected chi connectivity index (χ0v) is 22.3. The fraction of sp³-hybridized carbons (Fsp3) is 0.654. The Balaban J connectivity index is 1.72. The van der Waals surface area contributed by atoms with Gasteiger partial charge in [0.05, 0.1) is 13.0 Å². The summed E-state index contributed by atoms with van der Waals surface area (Å²) < 4.78 is 6.37. The molecule has 0 bridgehead atoms. The van der Waals surface area contributed by atoms with E-state index in [-0.39, 0.29) is 18.2 Å². The number of aryl methyl sites for hydroxylation is 1. The minimum Gasteiger partial charge on any atom is -0.466 e. The van der Waals surface area contributed by atoms with Crippen LogP contribution in [0, 0.1) is 10.5 Å². The highest BCUT2D eigenvalue weighted by molar-refractivity contribution is 14.1. The molecule has 0 saturated carbocycles. The molecule has 1 N–H and O–H groups in total. The average Bonchev–Trinajstić information content (AvgIpc) is 2.80. The molecule has 1 fully saturated rings. The lowest BCUT2D eigenvalue weighted by molar-refractivity contribution is -0.147. The van der Waals surface area contributed by atoms with Crippen molar-refractivity contribution in [2.24, 2.45) is 0 Å². The van der Waals surface area contributed by atoms with Crippen molar-refractivity contribution in [3.05, 3.63) is 32.9 Å². The number of ether oxygens (including phenoxy) is 1. The van der Waals surface area contributed by atoms with Gasteiger partial charge in [-0.25, -0.2) is 0 Å². The van der Waals surface area contributed by atoms with Gasteiger partial charge in [-0.15, -0.1) is 0 Å². The summed E-state index contributed by atoms with van der Waals surface area (Å²) in [4.78, 5) is 39.4. The van der Waals surface area contributed by atoms with Crippen molar-refractivity contribution in [3.63, 3.8) is 0 Å². The van der Waals surface area contributed by atoms with Crippen LogP contribution in [-0.2, 0) is 14.3 Å². The molecule has 0 aromatic heterocycles. The van der Waals surface area contributed by atoms with E-state index < -0.39 is 12.0 Å². The van der Waals surface area contributed by atoms with E-state index in [1.54, 1.807) is 6.07 Å². The fourth-order valence-corrected chi connectivity index (χ4v) is 4.56. The summed E-state index contributed by atoms with van der Waals surface area (Å²) in [5.41, 5.74) is 1.62. The topological polar surface area (TPSA) is 75.7 Å². The molecule has 6 nitrogen and oxygen atoms in total. The van der Waals surface area contributed by atoms with Gasteiger partial charge in [-0.3, -0.25) is 14.4 Å². The van der Waals surface area contributed by atoms with Gasteiger partial charge in [0.15, 0.2) is 0 Å². The first-order valence-electron chi connectivity index (χ1n) is 12.4. The number of rotatable bonds is 14. The molecule has 2 amide bonds. The van der Waals surface area contributed by atoms with Crippen molar-refractivity contribution >= 4 is 40.4 Å². The van der Waals surface area contributed by atoms with Crippen LogP contribution in [-0.4, -0.2) is 48.4 Å². The van der Waals surface area contributed by atoms with Gasteiger partial charge in [-0.05, 0) is 53.6 Å². The van der Waals surface area contributed by atoms with Gasteiger partial charge < -0.3 is 15.0 Å². The molecule has 1 aromatic carbocycles. The number of amides is 2. The molecular formula is C26H39IN2O4. The van der Waals surface area contributed by atoms with Gasteiger partial charge >= 0.3 is 5.97 Å². The molecule has 1 aromatic rings. The van der Waals surface area contributed by atoms with Crippen molar-refractivity contribution in [1.29, 1.82) is 0 Å². The van der Waals surface area contributed by atoms with Crippen LogP contribution in [0.4, 0.5) is 0 Å². The first-order valence-corrected chi connectivity index (χ1v) is 13.5. The quantitative estimate of drug-likeness (QED) is 0.185. The van der Waals surface area contributed by atoms with Crippen molar-refractivity contribution in [1.82, 2.24) is 10.2 Å². The van der Waals surface area contributed by atoms with Crippen LogP contribution in [0.2, 0.25) is 0 Å². The van der Waals surface area contributed by atoms with Crippen molar-refractivity contribution in [2.45, 2.75) is 90.5 Å². The van der Waals surface area contributed by atoms with Gasteiger partial charge in [-0.1, -0.05) is 70.8 Å². The largest absolute Gasteiger partial charge is 0.466 e. The number of halogens is 1. The molecule has 1 unspecified atom stereocenters. The number of unbranched alkanes of at least 4 members (excludes halogenated alkanes) is 9. The second kappa shape index (κ2) is 15.3. The second-order valence-corrected chi connectivity index (χ2v) is 10.0. The summed E-state index contributed by atoms with van der Waals surface area (Å²) in [6.07, 6.45) is 12.1. The summed E-state index contributed by atoms with van der Waals surface area (Å²) in [5.74, 6) is -0.952. The number of piperazine rings is 1. The van der Waals surface area contributed by atoms with E-state index in [1.807, 2.05) is 19.1 Å². The lowest BCUT2D eigenvalue weighted by atomic mass is 10.1. The van der Waals surface area contributed by atoms with Crippen LogP contribution < -0.4 is 5.32 Å². The fourth-order valence-electron chi connectivity index (χ4n) is 4.04. The van der Waals surface area contributed by atoms with Crippen LogP contribution in [0.1, 0.15) is 93.5 Å². The SMILES string of the molecule is CCCCCCCCCCCCOC(=O)CC1C(=O)NCCN1C(=O)c1ccc(C)c(I)c1. The lowest BCUT2D eigenvalue weighted by Crippen LogP contribution is -2.57. The van der Waals surface area contributed by atoms with E-state index >= 15 is 0 Å². The van der Waals surface area contributed by atoms with E-state index in [4.69, 9.17) is 4.74 Å². The zero-order valence-electron chi connectivity index (χ0n) is 20.2. The highest BCUT2D eigenvalue weighted by Crippen LogP contribution is 2.19. The Hall–Kier alpha value is -1.64. The van der Waals surface area contributed by atoms with Gasteiger partial charge in [0, 0.05) is 22.2 Å². The first-order chi connectivity index (χ1) is 15.9. The third kappa shape index (κ3) is 9.63. The molecule has 0 aliphatic carbocycles. The van der Waals surface area contributed by atoms with Gasteiger partial charge in [0.2, 0.25) is 5.91 Å². The standard InChI is InChI=1S/C26H39IN2O4/c1-3-4-5-6-7-8-9-10-11-12-17-33-24(30)19-23-25(31)28-15-16-29(23)26(32)21-14-13-20(2)22(27)18-21/h13-14,18,23H,3-12,15-17,19H2,1-2H3,(H,28,31). The van der Waals surface area contributed by atoms with Crippen LogP contribution in [0.5, 0.6) is 0 Å². The molecule has 184 valence electrons.